The lowest BCUT2D eigenvalue weighted by molar-refractivity contribution is -0.137. The predicted molar refractivity (Wildman–Crippen MR) is 77.7 cm³/mol. The fraction of sp³-hybridized carbons (Fsp3) is 0.562. The number of aliphatic carboxylic acids is 1. The number of benzene rings is 1. The Morgan fingerprint density at radius 3 is 2.70 bits per heavy atom. The van der Waals surface area contributed by atoms with Gasteiger partial charge in [0, 0.05) is 18.5 Å². The Balaban J connectivity index is 2.06. The Morgan fingerprint density at radius 2 is 2.05 bits per heavy atom. The lowest BCUT2D eigenvalue weighted by Crippen LogP contribution is -2.41. The first-order chi connectivity index (χ1) is 9.58. The van der Waals surface area contributed by atoms with Gasteiger partial charge in [-0.3, -0.25) is 9.69 Å². The van der Waals surface area contributed by atoms with Crippen molar-refractivity contribution in [1.82, 2.24) is 4.90 Å². The van der Waals surface area contributed by atoms with E-state index in [1.807, 2.05) is 12.1 Å². The van der Waals surface area contributed by atoms with Gasteiger partial charge in [0.25, 0.3) is 0 Å². The number of hydrogen-bond acceptors (Lipinski definition) is 3. The first-order valence-electron chi connectivity index (χ1n) is 7.34. The van der Waals surface area contributed by atoms with Crippen molar-refractivity contribution in [2.45, 2.75) is 51.1 Å². The van der Waals surface area contributed by atoms with E-state index in [-0.39, 0.29) is 18.2 Å². The van der Waals surface area contributed by atoms with E-state index in [4.69, 9.17) is 5.11 Å². The number of hydrogen-bond donors (Lipinski definition) is 2. The number of aromatic hydroxyl groups is 1. The molecule has 0 radical (unpaired) electrons. The van der Waals surface area contributed by atoms with Gasteiger partial charge in [-0.05, 0) is 50.4 Å². The van der Waals surface area contributed by atoms with Crippen LogP contribution in [0.2, 0.25) is 0 Å². The molecule has 0 bridgehead atoms. The van der Waals surface area contributed by atoms with Crippen molar-refractivity contribution < 1.29 is 15.0 Å². The van der Waals surface area contributed by atoms with Crippen LogP contribution < -0.4 is 0 Å². The Hall–Kier alpha value is -1.55. The van der Waals surface area contributed by atoms with Crippen LogP contribution in [0.4, 0.5) is 0 Å². The molecule has 0 amide bonds. The lowest BCUT2D eigenvalue weighted by Gasteiger charge is -2.40. The van der Waals surface area contributed by atoms with Gasteiger partial charge in [0.05, 0.1) is 0 Å². The average molecular weight is 277 g/mol. The Kier molecular flexibility index (Phi) is 5.01. The van der Waals surface area contributed by atoms with Gasteiger partial charge in [-0.2, -0.15) is 0 Å². The first-order valence-corrected chi connectivity index (χ1v) is 7.34. The van der Waals surface area contributed by atoms with Crippen molar-refractivity contribution in [1.29, 1.82) is 0 Å². The van der Waals surface area contributed by atoms with Crippen LogP contribution in [0.5, 0.6) is 5.75 Å². The number of nitrogens with zero attached hydrogens (tertiary/aromatic N) is 1. The van der Waals surface area contributed by atoms with E-state index < -0.39 is 5.97 Å². The molecule has 20 heavy (non-hydrogen) atoms. The summed E-state index contributed by atoms with van der Waals surface area (Å²) in [6.45, 7) is 3.18. The van der Waals surface area contributed by atoms with Crippen LogP contribution in [0.3, 0.4) is 0 Å². The zero-order valence-corrected chi connectivity index (χ0v) is 12.0. The number of likely N-dealkylation sites (tertiary alicyclic amines) is 1. The summed E-state index contributed by atoms with van der Waals surface area (Å²) >= 11 is 0. The van der Waals surface area contributed by atoms with E-state index in [9.17, 15) is 9.90 Å². The Labute approximate surface area is 120 Å². The van der Waals surface area contributed by atoms with Gasteiger partial charge in [0.1, 0.15) is 5.75 Å². The summed E-state index contributed by atoms with van der Waals surface area (Å²) in [5.74, 6) is -0.435. The average Bonchev–Trinajstić information content (AvgIpc) is 2.45. The molecular formula is C16H23NO3. The predicted octanol–water partition coefficient (Wildman–Crippen LogP) is 3.17. The van der Waals surface area contributed by atoms with Crippen LogP contribution in [0.25, 0.3) is 0 Å². The van der Waals surface area contributed by atoms with Crippen LogP contribution >= 0.6 is 0 Å². The van der Waals surface area contributed by atoms with Gasteiger partial charge >= 0.3 is 5.97 Å². The molecule has 2 rings (SSSR count). The summed E-state index contributed by atoms with van der Waals surface area (Å²) in [6.07, 6.45) is 4.39. The van der Waals surface area contributed by atoms with Crippen LogP contribution in [-0.2, 0) is 4.79 Å². The number of carboxylic acid groups (broad SMARTS) is 1. The Bertz CT molecular complexity index is 444. The maximum atomic E-state index is 10.8. The maximum absolute atomic E-state index is 10.8. The molecule has 0 saturated carbocycles. The van der Waals surface area contributed by atoms with E-state index in [0.717, 1.165) is 19.4 Å². The standard InChI is InChI=1S/C16H23NO3/c1-12(13-5-8-15(18)9-6-13)17-11-3-2-4-14(17)7-10-16(19)20/h5-6,8-9,12,14,18H,2-4,7,10-11H2,1H3,(H,19,20). The van der Waals surface area contributed by atoms with Gasteiger partial charge < -0.3 is 10.2 Å². The van der Waals surface area contributed by atoms with Crippen LogP contribution in [-0.4, -0.2) is 33.7 Å². The second-order valence-electron chi connectivity index (χ2n) is 5.59. The first kappa shape index (κ1) is 14.9. The number of carboxylic acids is 1. The van der Waals surface area contributed by atoms with Gasteiger partial charge in [-0.25, -0.2) is 0 Å². The summed E-state index contributed by atoms with van der Waals surface area (Å²) in [7, 11) is 0. The Morgan fingerprint density at radius 1 is 1.35 bits per heavy atom. The summed E-state index contributed by atoms with van der Waals surface area (Å²) in [5.41, 5.74) is 1.17. The molecule has 0 spiro atoms. The van der Waals surface area contributed by atoms with Crippen molar-refractivity contribution in [2.75, 3.05) is 6.54 Å². The van der Waals surface area contributed by atoms with Gasteiger partial charge in [0.15, 0.2) is 0 Å². The van der Waals surface area contributed by atoms with E-state index >= 15 is 0 Å². The van der Waals surface area contributed by atoms with Crippen molar-refractivity contribution >= 4 is 5.97 Å². The number of phenolic OH excluding ortho intramolecular Hbond substituents is 1. The molecule has 2 atom stereocenters. The fourth-order valence-electron chi connectivity index (χ4n) is 3.08. The van der Waals surface area contributed by atoms with Gasteiger partial charge in [-0.15, -0.1) is 0 Å². The molecule has 4 nitrogen and oxygen atoms in total. The third kappa shape index (κ3) is 3.73. The molecule has 1 aliphatic rings. The third-order valence-electron chi connectivity index (χ3n) is 4.24. The van der Waals surface area contributed by atoms with Crippen molar-refractivity contribution in [3.05, 3.63) is 29.8 Å². The summed E-state index contributed by atoms with van der Waals surface area (Å²) < 4.78 is 0. The molecule has 4 heteroatoms. The number of rotatable bonds is 5. The van der Waals surface area contributed by atoms with Crippen molar-refractivity contribution in [2.24, 2.45) is 0 Å². The van der Waals surface area contributed by atoms with Crippen molar-refractivity contribution in [3.63, 3.8) is 0 Å². The molecule has 1 aliphatic heterocycles. The zero-order valence-electron chi connectivity index (χ0n) is 12.0. The maximum Gasteiger partial charge on any atom is 0.303 e. The topological polar surface area (TPSA) is 60.8 Å². The molecule has 1 saturated heterocycles. The third-order valence-corrected chi connectivity index (χ3v) is 4.24. The van der Waals surface area contributed by atoms with Crippen LogP contribution in [0, 0.1) is 0 Å². The highest BCUT2D eigenvalue weighted by Crippen LogP contribution is 2.31. The minimum atomic E-state index is -0.715. The van der Waals surface area contributed by atoms with E-state index in [2.05, 4.69) is 11.8 Å². The quantitative estimate of drug-likeness (QED) is 0.868. The number of carbonyl (C=O) groups is 1. The summed E-state index contributed by atoms with van der Waals surface area (Å²) in [4.78, 5) is 13.2. The normalized spacial score (nSPS) is 21.6. The van der Waals surface area contributed by atoms with Gasteiger partial charge in [-0.1, -0.05) is 18.6 Å². The molecule has 1 heterocycles. The van der Waals surface area contributed by atoms with E-state index in [0.29, 0.717) is 6.04 Å². The SMILES string of the molecule is CC(c1ccc(O)cc1)N1CCCCC1CCC(=O)O. The second-order valence-corrected chi connectivity index (χ2v) is 5.59. The minimum absolute atomic E-state index is 0.240. The van der Waals surface area contributed by atoms with Crippen molar-refractivity contribution in [3.8, 4) is 5.75 Å². The summed E-state index contributed by atoms with van der Waals surface area (Å²) in [5, 5.41) is 18.2. The minimum Gasteiger partial charge on any atom is -0.508 e. The zero-order chi connectivity index (χ0) is 14.5. The smallest absolute Gasteiger partial charge is 0.303 e. The molecule has 2 N–H and O–H groups in total. The molecule has 1 aromatic rings. The molecule has 2 unspecified atom stereocenters. The monoisotopic (exact) mass is 277 g/mol. The second kappa shape index (κ2) is 6.75. The highest BCUT2D eigenvalue weighted by molar-refractivity contribution is 5.66. The van der Waals surface area contributed by atoms with E-state index in [1.54, 1.807) is 12.1 Å². The fourth-order valence-corrected chi connectivity index (χ4v) is 3.08. The largest absolute Gasteiger partial charge is 0.508 e. The summed E-state index contributed by atoms with van der Waals surface area (Å²) in [6, 6.07) is 7.92. The molecule has 1 aromatic carbocycles. The molecule has 1 fully saturated rings. The number of phenols is 1. The molecular weight excluding hydrogens is 254 g/mol. The van der Waals surface area contributed by atoms with Gasteiger partial charge in [0.2, 0.25) is 0 Å². The van der Waals surface area contributed by atoms with Crippen LogP contribution in [0.1, 0.15) is 50.6 Å². The molecule has 0 aliphatic carbocycles. The highest BCUT2D eigenvalue weighted by atomic mass is 16.4. The lowest BCUT2D eigenvalue weighted by atomic mass is 9.94. The number of piperidine rings is 1. The van der Waals surface area contributed by atoms with Crippen LogP contribution in [0.15, 0.2) is 24.3 Å². The molecule has 0 aromatic heterocycles. The highest BCUT2D eigenvalue weighted by Gasteiger charge is 2.27. The van der Waals surface area contributed by atoms with E-state index in [1.165, 1.54) is 18.4 Å². The molecule has 110 valence electrons.